The van der Waals surface area contributed by atoms with Gasteiger partial charge in [0.15, 0.2) is 0 Å². The smallest absolute Gasteiger partial charge is 0.0528 e. The highest BCUT2D eigenvalue weighted by molar-refractivity contribution is 5.85. The zero-order chi connectivity index (χ0) is 15.8. The summed E-state index contributed by atoms with van der Waals surface area (Å²) in [4.78, 5) is 6.36. The molecule has 23 heavy (non-hydrogen) atoms. The summed E-state index contributed by atoms with van der Waals surface area (Å²) < 4.78 is 0. The quantitative estimate of drug-likeness (QED) is 0.727. The van der Waals surface area contributed by atoms with Crippen LogP contribution in [0.4, 0.5) is 0 Å². The van der Waals surface area contributed by atoms with Gasteiger partial charge in [0.25, 0.3) is 0 Å². The van der Waals surface area contributed by atoms with Crippen molar-refractivity contribution < 1.29 is 0 Å². The Kier molecular flexibility index (Phi) is 3.70. The van der Waals surface area contributed by atoms with Gasteiger partial charge in [-0.2, -0.15) is 0 Å². The van der Waals surface area contributed by atoms with E-state index in [-0.39, 0.29) is 0 Å². The number of H-pyrrole nitrogens is 1. The molecule has 1 aromatic heterocycles. The van der Waals surface area contributed by atoms with Crippen molar-refractivity contribution in [1.82, 2.24) is 9.88 Å². The van der Waals surface area contributed by atoms with Gasteiger partial charge in [-0.25, -0.2) is 0 Å². The molecule has 2 nitrogen and oxygen atoms in total. The SMILES string of the molecule is CC(C)[C@H]1c2[nH]c3ccccc3c2CCN1Cc1ccccc1. The highest BCUT2D eigenvalue weighted by Gasteiger charge is 2.32. The van der Waals surface area contributed by atoms with Gasteiger partial charge in [-0.3, -0.25) is 4.90 Å². The fourth-order valence-electron chi connectivity index (χ4n) is 4.07. The molecule has 0 saturated heterocycles. The predicted octanol–water partition coefficient (Wildman–Crippen LogP) is 4.92. The van der Waals surface area contributed by atoms with Gasteiger partial charge >= 0.3 is 0 Å². The number of fused-ring (bicyclic) bond motifs is 3. The van der Waals surface area contributed by atoms with E-state index in [1.807, 2.05) is 0 Å². The summed E-state index contributed by atoms with van der Waals surface area (Å²) in [6.07, 6.45) is 1.13. The maximum absolute atomic E-state index is 3.72. The number of benzene rings is 2. The van der Waals surface area contributed by atoms with Gasteiger partial charge in [-0.05, 0) is 29.5 Å². The lowest BCUT2D eigenvalue weighted by Gasteiger charge is -2.38. The first-order valence-electron chi connectivity index (χ1n) is 8.61. The number of hydrogen-bond acceptors (Lipinski definition) is 1. The molecule has 0 fully saturated rings. The van der Waals surface area contributed by atoms with E-state index in [0.717, 1.165) is 19.5 Å². The number of aromatic nitrogens is 1. The molecule has 0 unspecified atom stereocenters. The number of para-hydroxylation sites is 1. The summed E-state index contributed by atoms with van der Waals surface area (Å²) in [5.41, 5.74) is 5.65. The van der Waals surface area contributed by atoms with Gasteiger partial charge in [0, 0.05) is 29.7 Å². The second kappa shape index (κ2) is 5.86. The van der Waals surface area contributed by atoms with Crippen molar-refractivity contribution in [3.8, 4) is 0 Å². The molecular formula is C21H24N2. The fourth-order valence-corrected chi connectivity index (χ4v) is 4.07. The van der Waals surface area contributed by atoms with Gasteiger partial charge < -0.3 is 4.98 Å². The molecule has 1 atom stereocenters. The lowest BCUT2D eigenvalue weighted by Crippen LogP contribution is -2.37. The van der Waals surface area contributed by atoms with Crippen molar-refractivity contribution in [3.63, 3.8) is 0 Å². The van der Waals surface area contributed by atoms with Crippen molar-refractivity contribution in [1.29, 1.82) is 0 Å². The van der Waals surface area contributed by atoms with Crippen LogP contribution in [-0.4, -0.2) is 16.4 Å². The molecule has 1 aliphatic rings. The summed E-state index contributed by atoms with van der Waals surface area (Å²) in [6, 6.07) is 20.0. The lowest BCUT2D eigenvalue weighted by molar-refractivity contribution is 0.133. The van der Waals surface area contributed by atoms with Crippen LogP contribution in [0.2, 0.25) is 0 Å². The molecular weight excluding hydrogens is 280 g/mol. The van der Waals surface area contributed by atoms with E-state index < -0.39 is 0 Å². The van der Waals surface area contributed by atoms with Gasteiger partial charge in [-0.15, -0.1) is 0 Å². The third-order valence-electron chi connectivity index (χ3n) is 5.04. The maximum atomic E-state index is 3.72. The topological polar surface area (TPSA) is 19.0 Å². The van der Waals surface area contributed by atoms with Crippen LogP contribution in [0.5, 0.6) is 0 Å². The largest absolute Gasteiger partial charge is 0.357 e. The molecule has 0 spiro atoms. The normalized spacial score (nSPS) is 18.5. The lowest BCUT2D eigenvalue weighted by atomic mass is 9.90. The average Bonchev–Trinajstić information content (AvgIpc) is 2.93. The minimum atomic E-state index is 0.464. The zero-order valence-electron chi connectivity index (χ0n) is 13.9. The molecule has 2 heterocycles. The second-order valence-electron chi connectivity index (χ2n) is 6.96. The Hall–Kier alpha value is -2.06. The standard InChI is InChI=1S/C21H24N2/c1-15(2)21-20-18(17-10-6-7-11-19(17)22-20)12-13-23(21)14-16-8-4-3-5-9-16/h3-11,15,21-22H,12-14H2,1-2H3/t21-/m0/s1. The summed E-state index contributed by atoms with van der Waals surface area (Å²) >= 11 is 0. The Morgan fingerprint density at radius 1 is 1.04 bits per heavy atom. The Balaban J connectivity index is 1.73. The van der Waals surface area contributed by atoms with Crippen LogP contribution in [0, 0.1) is 5.92 Å². The van der Waals surface area contributed by atoms with Crippen LogP contribution in [-0.2, 0) is 13.0 Å². The van der Waals surface area contributed by atoms with E-state index in [2.05, 4.69) is 78.3 Å². The van der Waals surface area contributed by atoms with E-state index in [4.69, 9.17) is 0 Å². The molecule has 0 radical (unpaired) electrons. The first-order chi connectivity index (χ1) is 11.2. The average molecular weight is 304 g/mol. The molecule has 0 amide bonds. The third-order valence-corrected chi connectivity index (χ3v) is 5.04. The summed E-state index contributed by atoms with van der Waals surface area (Å²) in [7, 11) is 0. The van der Waals surface area contributed by atoms with E-state index in [1.54, 1.807) is 0 Å². The van der Waals surface area contributed by atoms with Gasteiger partial charge in [0.1, 0.15) is 0 Å². The Bertz CT molecular complexity index is 801. The van der Waals surface area contributed by atoms with Crippen molar-refractivity contribution in [3.05, 3.63) is 71.4 Å². The van der Waals surface area contributed by atoms with E-state index in [9.17, 15) is 0 Å². The molecule has 118 valence electrons. The monoisotopic (exact) mass is 304 g/mol. The van der Waals surface area contributed by atoms with Gasteiger partial charge in [-0.1, -0.05) is 62.4 Å². The van der Waals surface area contributed by atoms with Crippen molar-refractivity contribution >= 4 is 10.9 Å². The Morgan fingerprint density at radius 2 is 1.78 bits per heavy atom. The fraction of sp³-hybridized carbons (Fsp3) is 0.333. The molecule has 1 aliphatic heterocycles. The van der Waals surface area contributed by atoms with Crippen molar-refractivity contribution in [2.75, 3.05) is 6.54 Å². The number of rotatable bonds is 3. The van der Waals surface area contributed by atoms with Gasteiger partial charge in [0.05, 0.1) is 6.04 Å². The molecule has 2 aromatic carbocycles. The van der Waals surface area contributed by atoms with Crippen molar-refractivity contribution in [2.24, 2.45) is 5.92 Å². The maximum Gasteiger partial charge on any atom is 0.0528 e. The number of hydrogen-bond donors (Lipinski definition) is 1. The zero-order valence-corrected chi connectivity index (χ0v) is 13.9. The minimum absolute atomic E-state index is 0.464. The minimum Gasteiger partial charge on any atom is -0.357 e. The van der Waals surface area contributed by atoms with Crippen LogP contribution in [0.3, 0.4) is 0 Å². The van der Waals surface area contributed by atoms with Crippen LogP contribution < -0.4 is 0 Å². The van der Waals surface area contributed by atoms with Crippen LogP contribution >= 0.6 is 0 Å². The first kappa shape index (κ1) is 14.5. The summed E-state index contributed by atoms with van der Waals surface area (Å²) in [6.45, 7) is 6.83. The molecule has 2 heteroatoms. The highest BCUT2D eigenvalue weighted by atomic mass is 15.2. The van der Waals surface area contributed by atoms with E-state index >= 15 is 0 Å². The molecule has 3 aromatic rings. The van der Waals surface area contributed by atoms with E-state index in [1.165, 1.54) is 27.7 Å². The third kappa shape index (κ3) is 2.57. The van der Waals surface area contributed by atoms with Crippen LogP contribution in [0.25, 0.3) is 10.9 Å². The number of nitrogens with one attached hydrogen (secondary N) is 1. The Morgan fingerprint density at radius 3 is 2.57 bits per heavy atom. The Labute approximate surface area is 138 Å². The predicted molar refractivity (Wildman–Crippen MR) is 96.4 cm³/mol. The molecule has 1 N–H and O–H groups in total. The first-order valence-corrected chi connectivity index (χ1v) is 8.61. The second-order valence-corrected chi connectivity index (χ2v) is 6.96. The highest BCUT2D eigenvalue weighted by Crippen LogP contribution is 2.38. The number of aromatic amines is 1. The molecule has 0 aliphatic carbocycles. The molecule has 4 rings (SSSR count). The van der Waals surface area contributed by atoms with Crippen LogP contribution in [0.1, 0.15) is 36.7 Å². The number of nitrogens with zero attached hydrogens (tertiary/aromatic N) is 1. The summed E-state index contributed by atoms with van der Waals surface area (Å²) in [5.74, 6) is 0.589. The molecule has 0 bridgehead atoms. The molecule has 0 saturated carbocycles. The van der Waals surface area contributed by atoms with Crippen molar-refractivity contribution in [2.45, 2.75) is 32.9 Å². The van der Waals surface area contributed by atoms with E-state index in [0.29, 0.717) is 12.0 Å². The summed E-state index contributed by atoms with van der Waals surface area (Å²) in [5, 5.41) is 1.41. The van der Waals surface area contributed by atoms with Crippen LogP contribution in [0.15, 0.2) is 54.6 Å². The van der Waals surface area contributed by atoms with Gasteiger partial charge in [0.2, 0.25) is 0 Å².